The number of rotatable bonds is 9. The van der Waals surface area contributed by atoms with Crippen LogP contribution in [0.3, 0.4) is 0 Å². The van der Waals surface area contributed by atoms with Crippen LogP contribution in [0.5, 0.6) is 11.5 Å². The smallest absolute Gasteiger partial charge is 0.188 e. The first-order valence-electron chi connectivity index (χ1n) is 8.56. The topological polar surface area (TPSA) is 68.9 Å². The van der Waals surface area contributed by atoms with Crippen LogP contribution < -0.4 is 20.5 Å². The van der Waals surface area contributed by atoms with Crippen LogP contribution in [-0.2, 0) is 6.42 Å². The highest BCUT2D eigenvalue weighted by molar-refractivity contribution is 5.77. The van der Waals surface area contributed by atoms with Gasteiger partial charge in [-0.1, -0.05) is 12.5 Å². The Morgan fingerprint density at radius 3 is 2.83 bits per heavy atom. The number of nitrogens with one attached hydrogen (secondary N) is 1. The lowest BCUT2D eigenvalue weighted by atomic mass is 9.86. The van der Waals surface area contributed by atoms with Gasteiger partial charge in [0, 0.05) is 13.1 Å². The van der Waals surface area contributed by atoms with Gasteiger partial charge in [-0.3, -0.25) is 4.99 Å². The number of benzene rings is 1. The largest absolute Gasteiger partial charge is 0.493 e. The second-order valence-electron chi connectivity index (χ2n) is 5.97. The summed E-state index contributed by atoms with van der Waals surface area (Å²) >= 11 is 0. The molecule has 1 fully saturated rings. The second-order valence-corrected chi connectivity index (χ2v) is 5.97. The molecule has 23 heavy (non-hydrogen) atoms. The maximum absolute atomic E-state index is 5.88. The van der Waals surface area contributed by atoms with E-state index in [-0.39, 0.29) is 0 Å². The number of aryl methyl sites for hydroxylation is 1. The van der Waals surface area contributed by atoms with Crippen molar-refractivity contribution >= 4 is 5.96 Å². The molecule has 0 radical (unpaired) electrons. The first-order valence-corrected chi connectivity index (χ1v) is 8.56. The zero-order chi connectivity index (χ0) is 16.5. The SMILES string of the molecule is CCOc1cc(CCCNC(N)=NCC2CCC2)ccc1OC. The summed E-state index contributed by atoms with van der Waals surface area (Å²) in [6, 6.07) is 6.09. The molecule has 1 saturated carbocycles. The highest BCUT2D eigenvalue weighted by atomic mass is 16.5. The predicted octanol–water partition coefficient (Wildman–Crippen LogP) is 2.73. The van der Waals surface area contributed by atoms with E-state index >= 15 is 0 Å². The Morgan fingerprint density at radius 1 is 1.35 bits per heavy atom. The summed E-state index contributed by atoms with van der Waals surface area (Å²) in [6.45, 7) is 4.31. The monoisotopic (exact) mass is 319 g/mol. The van der Waals surface area contributed by atoms with Crippen molar-refractivity contribution in [2.75, 3.05) is 26.8 Å². The summed E-state index contributed by atoms with van der Waals surface area (Å²) in [6.07, 6.45) is 5.91. The van der Waals surface area contributed by atoms with E-state index in [2.05, 4.69) is 22.4 Å². The molecule has 0 saturated heterocycles. The highest BCUT2D eigenvalue weighted by Gasteiger charge is 2.16. The normalized spacial score (nSPS) is 15.1. The van der Waals surface area contributed by atoms with E-state index in [0.29, 0.717) is 12.6 Å². The fourth-order valence-corrected chi connectivity index (χ4v) is 2.61. The molecule has 0 aliphatic heterocycles. The Labute approximate surface area is 139 Å². The first-order chi connectivity index (χ1) is 11.2. The molecule has 3 N–H and O–H groups in total. The molecule has 1 aromatic rings. The summed E-state index contributed by atoms with van der Waals surface area (Å²) in [5.74, 6) is 2.91. The Bertz CT molecular complexity index is 513. The van der Waals surface area contributed by atoms with Crippen LogP contribution in [0.2, 0.25) is 0 Å². The van der Waals surface area contributed by atoms with Crippen LogP contribution in [-0.4, -0.2) is 32.8 Å². The van der Waals surface area contributed by atoms with Crippen molar-refractivity contribution in [3.63, 3.8) is 0 Å². The summed E-state index contributed by atoms with van der Waals surface area (Å²) < 4.78 is 10.9. The van der Waals surface area contributed by atoms with E-state index in [0.717, 1.165) is 43.3 Å². The molecule has 1 aliphatic rings. The van der Waals surface area contributed by atoms with Gasteiger partial charge in [0.2, 0.25) is 0 Å². The molecule has 0 aromatic heterocycles. The zero-order valence-electron chi connectivity index (χ0n) is 14.3. The van der Waals surface area contributed by atoms with Crippen molar-refractivity contribution in [3.05, 3.63) is 23.8 Å². The lowest BCUT2D eigenvalue weighted by Crippen LogP contribution is -2.33. The summed E-state index contributed by atoms with van der Waals surface area (Å²) in [5, 5.41) is 3.19. The van der Waals surface area contributed by atoms with E-state index in [4.69, 9.17) is 15.2 Å². The minimum Gasteiger partial charge on any atom is -0.493 e. The minimum absolute atomic E-state index is 0.571. The number of aliphatic imine (C=N–C) groups is 1. The van der Waals surface area contributed by atoms with Crippen molar-refractivity contribution in [1.82, 2.24) is 5.32 Å². The molecule has 5 nitrogen and oxygen atoms in total. The third-order valence-electron chi connectivity index (χ3n) is 4.22. The lowest BCUT2D eigenvalue weighted by molar-refractivity contribution is 0.310. The van der Waals surface area contributed by atoms with E-state index < -0.39 is 0 Å². The molecule has 0 heterocycles. The fraction of sp³-hybridized carbons (Fsp3) is 0.611. The van der Waals surface area contributed by atoms with Crippen LogP contribution in [0.25, 0.3) is 0 Å². The Balaban J connectivity index is 1.71. The Morgan fingerprint density at radius 2 is 2.17 bits per heavy atom. The Kier molecular flexibility index (Phi) is 7.04. The van der Waals surface area contributed by atoms with E-state index in [1.165, 1.54) is 24.8 Å². The standard InChI is InChI=1S/C18H29N3O2/c1-3-23-17-12-14(9-10-16(17)22-2)8-5-11-20-18(19)21-13-15-6-4-7-15/h9-10,12,15H,3-8,11,13H2,1-2H3,(H3,19,20,21). The molecule has 0 unspecified atom stereocenters. The number of hydrogen-bond donors (Lipinski definition) is 2. The van der Waals surface area contributed by atoms with Gasteiger partial charge in [-0.25, -0.2) is 0 Å². The number of ether oxygens (including phenoxy) is 2. The number of guanidine groups is 1. The van der Waals surface area contributed by atoms with Gasteiger partial charge >= 0.3 is 0 Å². The summed E-state index contributed by atoms with van der Waals surface area (Å²) in [7, 11) is 1.66. The maximum Gasteiger partial charge on any atom is 0.188 e. The molecule has 0 atom stereocenters. The van der Waals surface area contributed by atoms with Gasteiger partial charge in [0.05, 0.1) is 13.7 Å². The van der Waals surface area contributed by atoms with E-state index in [9.17, 15) is 0 Å². The molecule has 0 spiro atoms. The average molecular weight is 319 g/mol. The average Bonchev–Trinajstić information content (AvgIpc) is 2.51. The molecule has 1 aromatic carbocycles. The lowest BCUT2D eigenvalue weighted by Gasteiger charge is -2.23. The molecule has 0 amide bonds. The van der Waals surface area contributed by atoms with Crippen molar-refractivity contribution in [1.29, 1.82) is 0 Å². The third kappa shape index (κ3) is 5.66. The molecule has 1 aliphatic carbocycles. The fourth-order valence-electron chi connectivity index (χ4n) is 2.61. The molecule has 2 rings (SSSR count). The quantitative estimate of drug-likeness (QED) is 0.417. The van der Waals surface area contributed by atoms with Crippen molar-refractivity contribution < 1.29 is 9.47 Å². The van der Waals surface area contributed by atoms with E-state index in [1.54, 1.807) is 7.11 Å². The highest BCUT2D eigenvalue weighted by Crippen LogP contribution is 2.28. The number of methoxy groups -OCH3 is 1. The van der Waals surface area contributed by atoms with Gasteiger partial charge in [0.25, 0.3) is 0 Å². The summed E-state index contributed by atoms with van der Waals surface area (Å²) in [5.41, 5.74) is 7.12. The molecule has 0 bridgehead atoms. The maximum atomic E-state index is 5.88. The van der Waals surface area contributed by atoms with Gasteiger partial charge in [0.15, 0.2) is 17.5 Å². The number of nitrogens with zero attached hydrogens (tertiary/aromatic N) is 1. The van der Waals surface area contributed by atoms with Crippen LogP contribution in [0, 0.1) is 5.92 Å². The molecular weight excluding hydrogens is 290 g/mol. The zero-order valence-corrected chi connectivity index (χ0v) is 14.3. The van der Waals surface area contributed by atoms with Gasteiger partial charge in [-0.05, 0) is 56.2 Å². The molecule has 5 heteroatoms. The van der Waals surface area contributed by atoms with Crippen molar-refractivity contribution in [3.8, 4) is 11.5 Å². The van der Waals surface area contributed by atoms with Crippen LogP contribution in [0.4, 0.5) is 0 Å². The molecule has 128 valence electrons. The van der Waals surface area contributed by atoms with Gasteiger partial charge in [-0.15, -0.1) is 0 Å². The van der Waals surface area contributed by atoms with Gasteiger partial charge < -0.3 is 20.5 Å². The van der Waals surface area contributed by atoms with Crippen LogP contribution in [0.15, 0.2) is 23.2 Å². The first kappa shape index (κ1) is 17.4. The van der Waals surface area contributed by atoms with Gasteiger partial charge in [-0.2, -0.15) is 0 Å². The number of hydrogen-bond acceptors (Lipinski definition) is 3. The predicted molar refractivity (Wildman–Crippen MR) is 94.3 cm³/mol. The van der Waals surface area contributed by atoms with E-state index in [1.807, 2.05) is 13.0 Å². The minimum atomic E-state index is 0.571. The second kappa shape index (κ2) is 9.28. The van der Waals surface area contributed by atoms with Crippen molar-refractivity contribution in [2.24, 2.45) is 16.6 Å². The van der Waals surface area contributed by atoms with Gasteiger partial charge in [0.1, 0.15) is 0 Å². The summed E-state index contributed by atoms with van der Waals surface area (Å²) in [4.78, 5) is 4.40. The van der Waals surface area contributed by atoms with Crippen molar-refractivity contribution in [2.45, 2.75) is 39.0 Å². The third-order valence-corrected chi connectivity index (χ3v) is 4.22. The van der Waals surface area contributed by atoms with Crippen LogP contribution in [0.1, 0.15) is 38.2 Å². The van der Waals surface area contributed by atoms with Crippen LogP contribution >= 0.6 is 0 Å². The molecular formula is C18H29N3O2. The number of nitrogens with two attached hydrogens (primary N) is 1. The Hall–Kier alpha value is -1.91.